The quantitative estimate of drug-likeness (QED) is 0.504. The van der Waals surface area contributed by atoms with Gasteiger partial charge in [-0.05, 0) is 12.1 Å². The molecule has 0 spiro atoms. The molecule has 1 aliphatic rings. The Bertz CT molecular complexity index is 839. The van der Waals surface area contributed by atoms with E-state index in [-0.39, 0.29) is 25.2 Å². The van der Waals surface area contributed by atoms with Gasteiger partial charge in [-0.3, -0.25) is 14.5 Å². The second-order valence-electron chi connectivity index (χ2n) is 6.05. The first-order valence-electron chi connectivity index (χ1n) is 7.83. The summed E-state index contributed by atoms with van der Waals surface area (Å²) in [6.45, 7) is -1.53. The summed E-state index contributed by atoms with van der Waals surface area (Å²) in [6, 6.07) is 0.0896. The van der Waals surface area contributed by atoms with Gasteiger partial charge in [-0.15, -0.1) is 0 Å². The Labute approximate surface area is 158 Å². The van der Waals surface area contributed by atoms with E-state index in [1.54, 1.807) is 0 Å². The third kappa shape index (κ3) is 5.20. The number of carbonyl (C=O) groups is 3. The number of carboxylic acid groups (broad SMARTS) is 1. The Balaban J connectivity index is 2.22. The topological polar surface area (TPSA) is 116 Å². The molecule has 1 aliphatic heterocycles. The van der Waals surface area contributed by atoms with Crippen LogP contribution in [0.1, 0.15) is 11.1 Å². The maximum absolute atomic E-state index is 13.0. The molecule has 1 aromatic rings. The monoisotopic (exact) mass is 428 g/mol. The molecule has 1 heterocycles. The number of carbonyl (C=O) groups excluding carboxylic acids is 2. The molecule has 160 valence electrons. The fraction of sp³-hybridized carbons (Fsp3) is 0.400. The maximum atomic E-state index is 13.0. The lowest BCUT2D eigenvalue weighted by Crippen LogP contribution is -2.53. The summed E-state index contributed by atoms with van der Waals surface area (Å²) in [6.07, 6.45) is -11.7. The Morgan fingerprint density at radius 1 is 1.10 bits per heavy atom. The second kappa shape index (κ2) is 7.67. The number of piperazine rings is 1. The van der Waals surface area contributed by atoms with Gasteiger partial charge in [-0.25, -0.2) is 4.79 Å². The van der Waals surface area contributed by atoms with Crippen LogP contribution >= 0.6 is 0 Å². The first-order chi connectivity index (χ1) is 13.2. The van der Waals surface area contributed by atoms with Crippen LogP contribution in [0.25, 0.3) is 0 Å². The standard InChI is InChI=1S/C15H14F6N4O4/c16-14(17,18)7-3-8(15(19,20)21)12(22)9(4-7)23-10(26)5-24-1-2-25(13(28)29)6-11(24)27/h3-4H,1-2,5-6,22H2,(H,23,26)(H,28,29). The van der Waals surface area contributed by atoms with E-state index in [1.807, 2.05) is 5.32 Å². The van der Waals surface area contributed by atoms with Gasteiger partial charge in [0.1, 0.15) is 6.54 Å². The van der Waals surface area contributed by atoms with E-state index in [2.05, 4.69) is 0 Å². The molecule has 0 saturated carbocycles. The van der Waals surface area contributed by atoms with Gasteiger partial charge >= 0.3 is 18.4 Å². The van der Waals surface area contributed by atoms with Gasteiger partial charge in [0.05, 0.1) is 29.0 Å². The van der Waals surface area contributed by atoms with Crippen LogP contribution in [0.4, 0.5) is 42.5 Å². The van der Waals surface area contributed by atoms with Crippen LogP contribution in [0, 0.1) is 0 Å². The molecule has 0 bridgehead atoms. The summed E-state index contributed by atoms with van der Waals surface area (Å²) < 4.78 is 77.7. The fourth-order valence-corrected chi connectivity index (χ4v) is 2.56. The van der Waals surface area contributed by atoms with Gasteiger partial charge in [0, 0.05) is 13.1 Å². The highest BCUT2D eigenvalue weighted by atomic mass is 19.4. The Morgan fingerprint density at radius 3 is 2.21 bits per heavy atom. The predicted molar refractivity (Wildman–Crippen MR) is 85.7 cm³/mol. The van der Waals surface area contributed by atoms with Gasteiger partial charge in [-0.2, -0.15) is 26.3 Å². The van der Waals surface area contributed by atoms with E-state index < -0.39 is 65.9 Å². The SMILES string of the molecule is Nc1c(NC(=O)CN2CCN(C(=O)O)CC2=O)cc(C(F)(F)F)cc1C(F)(F)F. The molecular weight excluding hydrogens is 414 g/mol. The highest BCUT2D eigenvalue weighted by molar-refractivity contribution is 5.98. The number of nitrogen functional groups attached to an aromatic ring is 1. The Kier molecular flexibility index (Phi) is 5.85. The van der Waals surface area contributed by atoms with E-state index in [4.69, 9.17) is 10.8 Å². The zero-order valence-corrected chi connectivity index (χ0v) is 14.4. The van der Waals surface area contributed by atoms with Crippen molar-refractivity contribution in [2.24, 2.45) is 0 Å². The Hall–Kier alpha value is -3.19. The number of nitrogens with zero attached hydrogens (tertiary/aromatic N) is 2. The summed E-state index contributed by atoms with van der Waals surface area (Å²) in [5.74, 6) is -1.84. The lowest BCUT2D eigenvalue weighted by molar-refractivity contribution is -0.142. The highest BCUT2D eigenvalue weighted by Crippen LogP contribution is 2.42. The van der Waals surface area contributed by atoms with Crippen molar-refractivity contribution in [3.05, 3.63) is 23.3 Å². The van der Waals surface area contributed by atoms with Gasteiger partial charge in [0.2, 0.25) is 11.8 Å². The number of amides is 3. The van der Waals surface area contributed by atoms with Crippen LogP contribution in [0.5, 0.6) is 0 Å². The van der Waals surface area contributed by atoms with Gasteiger partial charge in [0.25, 0.3) is 0 Å². The van der Waals surface area contributed by atoms with Crippen LogP contribution in [0.15, 0.2) is 12.1 Å². The molecule has 0 aliphatic carbocycles. The number of nitrogens with one attached hydrogen (secondary N) is 1. The number of halogens is 6. The number of anilines is 2. The van der Waals surface area contributed by atoms with E-state index in [0.717, 1.165) is 9.80 Å². The number of nitrogens with two attached hydrogens (primary N) is 1. The van der Waals surface area contributed by atoms with Crippen LogP contribution in [-0.4, -0.2) is 59.0 Å². The minimum Gasteiger partial charge on any atom is -0.465 e. The van der Waals surface area contributed by atoms with Crippen LogP contribution in [-0.2, 0) is 21.9 Å². The summed E-state index contributed by atoms with van der Waals surface area (Å²) in [5, 5.41) is 10.7. The summed E-state index contributed by atoms with van der Waals surface area (Å²) in [5.41, 5.74) is -0.167. The number of hydrogen-bond acceptors (Lipinski definition) is 4. The lowest BCUT2D eigenvalue weighted by Gasteiger charge is -2.32. The minimum absolute atomic E-state index is 0.113. The number of rotatable bonds is 3. The van der Waals surface area contributed by atoms with Crippen molar-refractivity contribution in [3.8, 4) is 0 Å². The van der Waals surface area contributed by atoms with E-state index in [9.17, 15) is 40.7 Å². The molecule has 2 rings (SSSR count). The minimum atomic E-state index is -5.20. The third-order valence-corrected chi connectivity index (χ3v) is 4.01. The first kappa shape index (κ1) is 22.1. The zero-order valence-electron chi connectivity index (χ0n) is 14.4. The van der Waals surface area contributed by atoms with Crippen molar-refractivity contribution in [1.29, 1.82) is 0 Å². The van der Waals surface area contributed by atoms with Crippen molar-refractivity contribution in [2.45, 2.75) is 12.4 Å². The molecule has 1 saturated heterocycles. The molecule has 14 heteroatoms. The van der Waals surface area contributed by atoms with Crippen molar-refractivity contribution >= 4 is 29.3 Å². The average molecular weight is 428 g/mol. The van der Waals surface area contributed by atoms with Crippen molar-refractivity contribution in [3.63, 3.8) is 0 Å². The van der Waals surface area contributed by atoms with Crippen LogP contribution in [0.2, 0.25) is 0 Å². The predicted octanol–water partition coefficient (Wildman–Crippen LogP) is 2.07. The molecule has 29 heavy (non-hydrogen) atoms. The summed E-state index contributed by atoms with van der Waals surface area (Å²) in [7, 11) is 0. The molecular formula is C15H14F6N4O4. The van der Waals surface area contributed by atoms with Gasteiger partial charge in [-0.1, -0.05) is 0 Å². The van der Waals surface area contributed by atoms with Crippen LogP contribution in [0.3, 0.4) is 0 Å². The van der Waals surface area contributed by atoms with E-state index in [0.29, 0.717) is 0 Å². The number of benzene rings is 1. The smallest absolute Gasteiger partial charge is 0.418 e. The molecule has 4 N–H and O–H groups in total. The number of alkyl halides is 6. The molecule has 1 aromatic carbocycles. The summed E-state index contributed by atoms with van der Waals surface area (Å²) >= 11 is 0. The largest absolute Gasteiger partial charge is 0.465 e. The molecule has 8 nitrogen and oxygen atoms in total. The highest BCUT2D eigenvalue weighted by Gasteiger charge is 2.39. The zero-order chi connectivity index (χ0) is 22.1. The molecule has 0 aromatic heterocycles. The lowest BCUT2D eigenvalue weighted by atomic mass is 10.1. The van der Waals surface area contributed by atoms with Gasteiger partial charge in [0.15, 0.2) is 0 Å². The molecule has 0 unspecified atom stereocenters. The normalized spacial score (nSPS) is 15.4. The third-order valence-electron chi connectivity index (χ3n) is 4.01. The van der Waals surface area contributed by atoms with Gasteiger partial charge < -0.3 is 21.1 Å². The summed E-state index contributed by atoms with van der Waals surface area (Å²) in [4.78, 5) is 36.4. The maximum Gasteiger partial charge on any atom is 0.418 e. The van der Waals surface area contributed by atoms with Crippen molar-refractivity contribution in [1.82, 2.24) is 9.80 Å². The molecule has 3 amide bonds. The average Bonchev–Trinajstić information content (AvgIpc) is 2.56. The molecule has 1 fully saturated rings. The van der Waals surface area contributed by atoms with Crippen molar-refractivity contribution < 1.29 is 45.8 Å². The molecule has 0 atom stereocenters. The molecule has 0 radical (unpaired) electrons. The van der Waals surface area contributed by atoms with Crippen LogP contribution < -0.4 is 11.1 Å². The number of hydrogen-bond donors (Lipinski definition) is 3. The van der Waals surface area contributed by atoms with E-state index in [1.165, 1.54) is 0 Å². The first-order valence-corrected chi connectivity index (χ1v) is 7.83. The van der Waals surface area contributed by atoms with Crippen molar-refractivity contribution in [2.75, 3.05) is 37.2 Å². The second-order valence-corrected chi connectivity index (χ2v) is 6.05. The fourth-order valence-electron chi connectivity index (χ4n) is 2.56. The van der Waals surface area contributed by atoms with E-state index >= 15 is 0 Å². The Morgan fingerprint density at radius 2 is 1.72 bits per heavy atom.